The third-order valence-corrected chi connectivity index (χ3v) is 5.57. The van der Waals surface area contributed by atoms with Crippen molar-refractivity contribution in [1.29, 1.82) is 0 Å². The number of aliphatic hydroxyl groups is 1. The zero-order chi connectivity index (χ0) is 24.6. The monoisotopic (exact) mass is 476 g/mol. The lowest BCUT2D eigenvalue weighted by Gasteiger charge is -2.27. The molecule has 10 heteroatoms. The molecule has 0 bridgehead atoms. The van der Waals surface area contributed by atoms with Crippen molar-refractivity contribution in [3.8, 4) is 0 Å². The van der Waals surface area contributed by atoms with Gasteiger partial charge in [-0.2, -0.15) is 0 Å². The summed E-state index contributed by atoms with van der Waals surface area (Å²) < 4.78 is 5.29. The van der Waals surface area contributed by atoms with Gasteiger partial charge >= 0.3 is 6.03 Å². The van der Waals surface area contributed by atoms with E-state index in [1.54, 1.807) is 23.1 Å². The molecule has 10 nitrogen and oxygen atoms in total. The van der Waals surface area contributed by atoms with E-state index in [0.29, 0.717) is 49.2 Å². The lowest BCUT2D eigenvalue weighted by Crippen LogP contribution is -2.43. The predicted molar refractivity (Wildman–Crippen MR) is 134 cm³/mol. The third kappa shape index (κ3) is 6.25. The number of rotatable bonds is 8. The van der Waals surface area contributed by atoms with Crippen LogP contribution in [-0.4, -0.2) is 59.8 Å². The topological polar surface area (TPSA) is 142 Å². The van der Waals surface area contributed by atoms with Crippen LogP contribution in [0.2, 0.25) is 0 Å². The second-order valence-corrected chi connectivity index (χ2v) is 8.00. The Morgan fingerprint density at radius 3 is 2.51 bits per heavy atom. The van der Waals surface area contributed by atoms with E-state index < -0.39 is 11.9 Å². The maximum atomic E-state index is 12.5. The number of pyridine rings is 1. The summed E-state index contributed by atoms with van der Waals surface area (Å²) in [6.45, 7) is 1.97. The number of aromatic nitrogens is 1. The first-order valence-corrected chi connectivity index (χ1v) is 11.3. The summed E-state index contributed by atoms with van der Waals surface area (Å²) in [7, 11) is 0. The minimum absolute atomic E-state index is 0.182. The van der Waals surface area contributed by atoms with Gasteiger partial charge in [0.05, 0.1) is 37.1 Å². The molecule has 1 aliphatic rings. The Hall–Kier alpha value is -4.15. The number of nitrogens with zero attached hydrogens (tertiary/aromatic N) is 2. The van der Waals surface area contributed by atoms with Crippen LogP contribution in [0.3, 0.4) is 0 Å². The Balaban J connectivity index is 1.51. The van der Waals surface area contributed by atoms with Crippen molar-refractivity contribution in [3.63, 3.8) is 0 Å². The number of benzene rings is 2. The van der Waals surface area contributed by atoms with Crippen LogP contribution < -0.4 is 21.7 Å². The number of morpholine rings is 1. The summed E-state index contributed by atoms with van der Waals surface area (Å²) in [6.07, 6.45) is 1.39. The molecule has 6 N–H and O–H groups in total. The van der Waals surface area contributed by atoms with Crippen molar-refractivity contribution >= 4 is 34.8 Å². The lowest BCUT2D eigenvalue weighted by atomic mass is 10.1. The predicted octanol–water partition coefficient (Wildman–Crippen LogP) is 2.93. The summed E-state index contributed by atoms with van der Waals surface area (Å²) in [5.41, 5.74) is 8.37. The van der Waals surface area contributed by atoms with Gasteiger partial charge in [-0.3, -0.25) is 4.79 Å². The molecule has 1 fully saturated rings. The number of amides is 3. The molecule has 1 unspecified atom stereocenters. The van der Waals surface area contributed by atoms with E-state index in [1.807, 2.05) is 42.5 Å². The van der Waals surface area contributed by atoms with Crippen LogP contribution in [0, 0.1) is 0 Å². The molecule has 0 aliphatic carbocycles. The van der Waals surface area contributed by atoms with Crippen molar-refractivity contribution in [2.75, 3.05) is 48.9 Å². The van der Waals surface area contributed by atoms with E-state index in [9.17, 15) is 14.7 Å². The Morgan fingerprint density at radius 2 is 1.80 bits per heavy atom. The maximum absolute atomic E-state index is 12.5. The van der Waals surface area contributed by atoms with E-state index >= 15 is 0 Å². The van der Waals surface area contributed by atoms with Crippen LogP contribution in [0.5, 0.6) is 0 Å². The Bertz CT molecular complexity index is 1170. The SMILES string of the molecule is NC(=O)c1cnc(Nc2cccc(NC(=O)N3CCOCC3)c2)cc1NC(CO)c1ccccc1. The van der Waals surface area contributed by atoms with Crippen LogP contribution in [0.15, 0.2) is 66.9 Å². The summed E-state index contributed by atoms with van der Waals surface area (Å²) in [5, 5.41) is 19.2. The van der Waals surface area contributed by atoms with Gasteiger partial charge in [-0.1, -0.05) is 36.4 Å². The molecule has 1 aliphatic heterocycles. The molecule has 0 saturated carbocycles. The van der Waals surface area contributed by atoms with Gasteiger partial charge in [0.2, 0.25) is 0 Å². The number of nitrogens with two attached hydrogens (primary N) is 1. The molecule has 4 rings (SSSR count). The summed E-state index contributed by atoms with van der Waals surface area (Å²) in [5.74, 6) is -0.178. The summed E-state index contributed by atoms with van der Waals surface area (Å²) >= 11 is 0. The van der Waals surface area contributed by atoms with Gasteiger partial charge in [-0.15, -0.1) is 0 Å². The van der Waals surface area contributed by atoms with Gasteiger partial charge < -0.3 is 36.4 Å². The minimum atomic E-state index is -0.635. The van der Waals surface area contributed by atoms with Crippen LogP contribution in [0.4, 0.5) is 27.7 Å². The first-order valence-electron chi connectivity index (χ1n) is 11.3. The Labute approximate surface area is 203 Å². The van der Waals surface area contributed by atoms with Crippen LogP contribution in [-0.2, 0) is 4.74 Å². The molecule has 2 heterocycles. The molecule has 1 atom stereocenters. The molecule has 1 aromatic heterocycles. The van der Waals surface area contributed by atoms with Crippen LogP contribution in [0.25, 0.3) is 0 Å². The quantitative estimate of drug-likeness (QED) is 0.336. The van der Waals surface area contributed by atoms with Crippen molar-refractivity contribution in [1.82, 2.24) is 9.88 Å². The molecule has 182 valence electrons. The van der Waals surface area contributed by atoms with Gasteiger partial charge in [-0.25, -0.2) is 9.78 Å². The number of carbonyl (C=O) groups is 2. The van der Waals surface area contributed by atoms with E-state index in [1.165, 1.54) is 6.20 Å². The Morgan fingerprint density at radius 1 is 1.06 bits per heavy atom. The molecule has 0 radical (unpaired) electrons. The summed E-state index contributed by atoms with van der Waals surface area (Å²) in [6, 6.07) is 17.7. The highest BCUT2D eigenvalue weighted by Gasteiger charge is 2.18. The smallest absolute Gasteiger partial charge is 0.322 e. The molecular weight excluding hydrogens is 448 g/mol. The van der Waals surface area contributed by atoms with E-state index in [4.69, 9.17) is 10.5 Å². The molecule has 3 aromatic rings. The molecule has 1 saturated heterocycles. The fourth-order valence-electron chi connectivity index (χ4n) is 3.74. The fraction of sp³-hybridized carbons (Fsp3) is 0.240. The van der Waals surface area contributed by atoms with Gasteiger partial charge in [0.15, 0.2) is 0 Å². The van der Waals surface area contributed by atoms with Crippen LogP contribution in [0.1, 0.15) is 22.0 Å². The number of aliphatic hydroxyl groups excluding tert-OH is 1. The van der Waals surface area contributed by atoms with E-state index in [2.05, 4.69) is 20.9 Å². The minimum Gasteiger partial charge on any atom is -0.394 e. The van der Waals surface area contributed by atoms with Crippen molar-refractivity contribution in [2.45, 2.75) is 6.04 Å². The van der Waals surface area contributed by atoms with E-state index in [-0.39, 0.29) is 18.2 Å². The first-order chi connectivity index (χ1) is 17.0. The van der Waals surface area contributed by atoms with Crippen LogP contribution >= 0.6 is 0 Å². The van der Waals surface area contributed by atoms with E-state index in [0.717, 1.165) is 5.56 Å². The highest BCUT2D eigenvalue weighted by Crippen LogP contribution is 2.26. The highest BCUT2D eigenvalue weighted by atomic mass is 16.5. The Kier molecular flexibility index (Phi) is 7.76. The van der Waals surface area contributed by atoms with Crippen molar-refractivity contribution in [3.05, 3.63) is 78.0 Å². The third-order valence-electron chi connectivity index (χ3n) is 5.57. The largest absolute Gasteiger partial charge is 0.394 e. The second-order valence-electron chi connectivity index (χ2n) is 8.00. The zero-order valence-corrected chi connectivity index (χ0v) is 19.1. The standard InChI is InChI=1S/C25H28N6O4/c26-24(33)20-15-27-23(14-21(20)30-22(16-32)17-5-2-1-3-6-17)28-18-7-4-8-19(13-18)29-25(34)31-9-11-35-12-10-31/h1-8,13-15,22,32H,9-12,16H2,(H2,26,33)(H,29,34)(H2,27,28,30). The normalized spacial score (nSPS) is 14.1. The van der Waals surface area contributed by atoms with Gasteiger partial charge in [0, 0.05) is 36.7 Å². The van der Waals surface area contributed by atoms with Gasteiger partial charge in [0.1, 0.15) is 5.82 Å². The average Bonchev–Trinajstić information content (AvgIpc) is 2.88. The number of ether oxygens (including phenoxy) is 1. The van der Waals surface area contributed by atoms with Gasteiger partial charge in [0.25, 0.3) is 5.91 Å². The first kappa shape index (κ1) is 24.0. The molecule has 0 spiro atoms. The molecule has 35 heavy (non-hydrogen) atoms. The number of hydrogen-bond acceptors (Lipinski definition) is 7. The summed E-state index contributed by atoms with van der Waals surface area (Å²) in [4.78, 5) is 30.5. The number of nitrogens with one attached hydrogen (secondary N) is 3. The zero-order valence-electron chi connectivity index (χ0n) is 19.1. The number of urea groups is 1. The lowest BCUT2D eigenvalue weighted by molar-refractivity contribution is 0.0564. The van der Waals surface area contributed by atoms with Crippen molar-refractivity contribution in [2.24, 2.45) is 5.73 Å². The molecule has 2 aromatic carbocycles. The average molecular weight is 477 g/mol. The number of primary amides is 1. The van der Waals surface area contributed by atoms with Gasteiger partial charge in [-0.05, 0) is 23.8 Å². The second kappa shape index (κ2) is 11.3. The highest BCUT2D eigenvalue weighted by molar-refractivity contribution is 5.98. The number of carbonyl (C=O) groups excluding carboxylic acids is 2. The molecule has 3 amide bonds. The number of hydrogen-bond donors (Lipinski definition) is 5. The molecular formula is C25H28N6O4. The fourth-order valence-corrected chi connectivity index (χ4v) is 3.74. The number of anilines is 4. The van der Waals surface area contributed by atoms with Crippen molar-refractivity contribution < 1.29 is 19.4 Å². The maximum Gasteiger partial charge on any atom is 0.322 e.